The van der Waals surface area contributed by atoms with E-state index < -0.39 is 8.07 Å². The van der Waals surface area contributed by atoms with Crippen molar-refractivity contribution in [1.29, 1.82) is 0 Å². The molecule has 1 heterocycles. The molecule has 0 spiro atoms. The van der Waals surface area contributed by atoms with E-state index in [-0.39, 0.29) is 5.82 Å². The van der Waals surface area contributed by atoms with Gasteiger partial charge in [-0.25, -0.2) is 9.37 Å². The Morgan fingerprint density at radius 2 is 2.00 bits per heavy atom. The summed E-state index contributed by atoms with van der Waals surface area (Å²) in [6.45, 7) is 6.33. The van der Waals surface area contributed by atoms with Crippen molar-refractivity contribution in [2.45, 2.75) is 19.6 Å². The predicted octanol–water partition coefficient (Wildman–Crippen LogP) is 2.53. The van der Waals surface area contributed by atoms with Crippen LogP contribution in [0.4, 0.5) is 4.39 Å². The fraction of sp³-hybridized carbons (Fsp3) is 0.375. The highest BCUT2D eigenvalue weighted by atomic mass is 79.9. The number of aromatic nitrogens is 1. The molecule has 0 aliphatic heterocycles. The van der Waals surface area contributed by atoms with Crippen LogP contribution in [0.25, 0.3) is 0 Å². The molecule has 0 atom stereocenters. The van der Waals surface area contributed by atoms with Crippen molar-refractivity contribution in [2.24, 2.45) is 0 Å². The minimum absolute atomic E-state index is 0.198. The molecule has 0 saturated heterocycles. The summed E-state index contributed by atoms with van der Waals surface area (Å²) in [5, 5.41) is 0.823. The third kappa shape index (κ3) is 1.93. The van der Waals surface area contributed by atoms with Gasteiger partial charge in [0.15, 0.2) is 5.82 Å². The van der Waals surface area contributed by atoms with Crippen molar-refractivity contribution in [3.05, 3.63) is 22.7 Å². The summed E-state index contributed by atoms with van der Waals surface area (Å²) in [7, 11) is -1.55. The maximum Gasteiger partial charge on any atom is 0.155 e. The Hall–Kier alpha value is -0.223. The molecule has 0 aromatic carbocycles. The van der Waals surface area contributed by atoms with Crippen LogP contribution in [0.2, 0.25) is 19.6 Å². The molecule has 0 unspecified atom stereocenters. The Balaban J connectivity index is 3.26. The Morgan fingerprint density at radius 3 is 2.42 bits per heavy atom. The van der Waals surface area contributed by atoms with Crippen LogP contribution < -0.4 is 5.19 Å². The van der Waals surface area contributed by atoms with Gasteiger partial charge in [0.1, 0.15) is 4.60 Å². The number of hydrogen-bond acceptors (Lipinski definition) is 1. The molecular weight excluding hydrogens is 237 g/mol. The van der Waals surface area contributed by atoms with Gasteiger partial charge in [-0.3, -0.25) is 0 Å². The number of nitrogens with zero attached hydrogens (tertiary/aromatic N) is 1. The van der Waals surface area contributed by atoms with Crippen LogP contribution in [0, 0.1) is 5.82 Å². The Labute approximate surface area is 81.2 Å². The van der Waals surface area contributed by atoms with E-state index in [1.54, 1.807) is 12.3 Å². The Morgan fingerprint density at radius 1 is 1.42 bits per heavy atom. The molecule has 0 aliphatic carbocycles. The standard InChI is InChI=1S/C8H11BrFNSi/c1-12(2,3)6-4-5-11-8(9)7(6)10/h4-5H,1-3H3. The van der Waals surface area contributed by atoms with Crippen LogP contribution in [-0.2, 0) is 0 Å². The molecule has 1 rings (SSSR count). The summed E-state index contributed by atoms with van der Waals surface area (Å²) in [5.41, 5.74) is 0. The summed E-state index contributed by atoms with van der Waals surface area (Å²) in [6, 6.07) is 1.77. The summed E-state index contributed by atoms with van der Waals surface area (Å²) >= 11 is 3.07. The van der Waals surface area contributed by atoms with Gasteiger partial charge in [-0.05, 0) is 27.2 Å². The highest BCUT2D eigenvalue weighted by Crippen LogP contribution is 2.12. The second kappa shape index (κ2) is 3.26. The van der Waals surface area contributed by atoms with E-state index in [9.17, 15) is 4.39 Å². The van der Waals surface area contributed by atoms with Gasteiger partial charge in [0.2, 0.25) is 0 Å². The van der Waals surface area contributed by atoms with Crippen molar-refractivity contribution in [3.63, 3.8) is 0 Å². The molecule has 0 aliphatic rings. The number of pyridine rings is 1. The van der Waals surface area contributed by atoms with Gasteiger partial charge in [-0.1, -0.05) is 19.6 Å². The van der Waals surface area contributed by atoms with Crippen molar-refractivity contribution >= 4 is 29.2 Å². The average molecular weight is 248 g/mol. The first-order valence-electron chi connectivity index (χ1n) is 3.73. The quantitative estimate of drug-likeness (QED) is 0.549. The second-order valence-electron chi connectivity index (χ2n) is 3.71. The summed E-state index contributed by atoms with van der Waals surface area (Å²) in [5.74, 6) is -0.198. The van der Waals surface area contributed by atoms with Gasteiger partial charge in [0.05, 0.1) is 8.07 Å². The molecular formula is C8H11BrFNSi. The number of hydrogen-bond donors (Lipinski definition) is 0. The summed E-state index contributed by atoms with van der Waals surface area (Å²) < 4.78 is 13.7. The molecule has 0 saturated carbocycles. The molecule has 0 bridgehead atoms. The normalized spacial score (nSPS) is 11.8. The van der Waals surface area contributed by atoms with E-state index in [0.29, 0.717) is 4.60 Å². The van der Waals surface area contributed by atoms with E-state index in [1.165, 1.54) is 0 Å². The topological polar surface area (TPSA) is 12.9 Å². The lowest BCUT2D eigenvalue weighted by Crippen LogP contribution is -2.40. The molecule has 66 valence electrons. The number of halogens is 2. The van der Waals surface area contributed by atoms with Gasteiger partial charge in [-0.2, -0.15) is 0 Å². The fourth-order valence-electron chi connectivity index (χ4n) is 0.997. The molecule has 0 fully saturated rings. The lowest BCUT2D eigenvalue weighted by Gasteiger charge is -2.17. The number of rotatable bonds is 1. The highest BCUT2D eigenvalue weighted by molar-refractivity contribution is 9.10. The predicted molar refractivity (Wildman–Crippen MR) is 54.9 cm³/mol. The lowest BCUT2D eigenvalue weighted by molar-refractivity contribution is 0.620. The van der Waals surface area contributed by atoms with Crippen LogP contribution >= 0.6 is 15.9 Å². The first kappa shape index (κ1) is 9.86. The summed E-state index contributed by atoms with van der Waals surface area (Å²) in [4.78, 5) is 3.82. The molecule has 4 heteroatoms. The van der Waals surface area contributed by atoms with E-state index in [4.69, 9.17) is 0 Å². The molecule has 0 N–H and O–H groups in total. The largest absolute Gasteiger partial charge is 0.246 e. The average Bonchev–Trinajstić information content (AvgIpc) is 1.92. The van der Waals surface area contributed by atoms with Crippen molar-refractivity contribution in [2.75, 3.05) is 0 Å². The van der Waals surface area contributed by atoms with Gasteiger partial charge in [-0.15, -0.1) is 0 Å². The first-order chi connectivity index (χ1) is 5.43. The van der Waals surface area contributed by atoms with Crippen LogP contribution in [0.15, 0.2) is 16.9 Å². The Bertz CT molecular complexity index is 296. The lowest BCUT2D eigenvalue weighted by atomic mass is 10.5. The van der Waals surface area contributed by atoms with Gasteiger partial charge < -0.3 is 0 Å². The van der Waals surface area contributed by atoms with Gasteiger partial charge in [0.25, 0.3) is 0 Å². The van der Waals surface area contributed by atoms with Crippen LogP contribution in [0.5, 0.6) is 0 Å². The molecule has 1 nitrogen and oxygen atoms in total. The SMILES string of the molecule is C[Si](C)(C)c1ccnc(Br)c1F. The van der Waals surface area contributed by atoms with E-state index in [0.717, 1.165) is 5.19 Å². The van der Waals surface area contributed by atoms with E-state index >= 15 is 0 Å². The smallest absolute Gasteiger partial charge is 0.155 e. The summed E-state index contributed by atoms with van der Waals surface area (Å²) in [6.07, 6.45) is 1.64. The monoisotopic (exact) mass is 247 g/mol. The zero-order valence-electron chi connectivity index (χ0n) is 7.36. The third-order valence-corrected chi connectivity index (χ3v) is 4.21. The molecule has 0 amide bonds. The molecule has 1 aromatic rings. The van der Waals surface area contributed by atoms with Gasteiger partial charge >= 0.3 is 0 Å². The van der Waals surface area contributed by atoms with Crippen LogP contribution in [0.1, 0.15) is 0 Å². The van der Waals surface area contributed by atoms with E-state index in [1.807, 2.05) is 0 Å². The van der Waals surface area contributed by atoms with E-state index in [2.05, 4.69) is 40.6 Å². The minimum atomic E-state index is -1.55. The Kier molecular flexibility index (Phi) is 2.68. The van der Waals surface area contributed by atoms with Crippen molar-refractivity contribution < 1.29 is 4.39 Å². The van der Waals surface area contributed by atoms with Gasteiger partial charge in [0, 0.05) is 6.20 Å². The highest BCUT2D eigenvalue weighted by Gasteiger charge is 2.21. The van der Waals surface area contributed by atoms with Crippen molar-refractivity contribution in [1.82, 2.24) is 4.98 Å². The fourth-order valence-corrected chi connectivity index (χ4v) is 2.86. The molecule has 12 heavy (non-hydrogen) atoms. The van der Waals surface area contributed by atoms with Crippen LogP contribution in [-0.4, -0.2) is 13.1 Å². The molecule has 1 aromatic heterocycles. The second-order valence-corrected chi connectivity index (χ2v) is 9.50. The molecule has 0 radical (unpaired) electrons. The van der Waals surface area contributed by atoms with Crippen LogP contribution in [0.3, 0.4) is 0 Å². The maximum atomic E-state index is 13.4. The zero-order chi connectivity index (χ0) is 9.35. The third-order valence-electron chi connectivity index (χ3n) is 1.65. The zero-order valence-corrected chi connectivity index (χ0v) is 9.94. The van der Waals surface area contributed by atoms with Crippen molar-refractivity contribution in [3.8, 4) is 0 Å². The minimum Gasteiger partial charge on any atom is -0.246 e. The first-order valence-corrected chi connectivity index (χ1v) is 8.02. The maximum absolute atomic E-state index is 13.4.